The van der Waals surface area contributed by atoms with E-state index < -0.39 is 6.10 Å². The first kappa shape index (κ1) is 50.1. The summed E-state index contributed by atoms with van der Waals surface area (Å²) in [5.41, 5.74) is 0. The molecule has 0 unspecified atom stereocenters. The van der Waals surface area contributed by atoms with Gasteiger partial charge in [-0.25, -0.2) is 0 Å². The fraction of sp³-hybridized carbons (Fsp3) is 0.830. The van der Waals surface area contributed by atoms with E-state index >= 15 is 0 Å². The Labute approximate surface area is 323 Å². The first-order valence-corrected chi connectivity index (χ1v) is 22.5. The molecule has 0 saturated carbocycles. The largest absolute Gasteiger partial charge is 0.463 e. The first-order valence-electron chi connectivity index (χ1n) is 22.5. The van der Waals surface area contributed by atoms with Crippen molar-refractivity contribution in [2.75, 3.05) is 13.2 Å². The van der Waals surface area contributed by atoms with Crippen LogP contribution in [0.3, 0.4) is 0 Å². The fourth-order valence-electron chi connectivity index (χ4n) is 6.41. The lowest BCUT2D eigenvalue weighted by molar-refractivity contribution is -0.152. The van der Waals surface area contributed by atoms with Gasteiger partial charge in [0.05, 0.1) is 0 Å². The summed E-state index contributed by atoms with van der Waals surface area (Å²) in [6, 6.07) is 0. The molecule has 0 aromatic rings. The predicted octanol–water partition coefficient (Wildman–Crippen LogP) is 14.4. The van der Waals surface area contributed by atoms with E-state index in [-0.39, 0.29) is 25.2 Å². The maximum absolute atomic E-state index is 12.0. The number of esters is 2. The second-order valence-corrected chi connectivity index (χ2v) is 15.2. The van der Waals surface area contributed by atoms with E-state index in [1.165, 1.54) is 161 Å². The summed E-state index contributed by atoms with van der Waals surface area (Å²) in [5, 5.41) is 10.0. The lowest BCUT2D eigenvalue weighted by Gasteiger charge is -2.12. The number of allylic oxidation sites excluding steroid dienone is 6. The van der Waals surface area contributed by atoms with Gasteiger partial charge >= 0.3 is 11.9 Å². The summed E-state index contributed by atoms with van der Waals surface area (Å²) in [4.78, 5) is 24.0. The Morgan fingerprint density at radius 1 is 0.404 bits per heavy atom. The van der Waals surface area contributed by atoms with Crippen molar-refractivity contribution in [2.24, 2.45) is 0 Å². The van der Waals surface area contributed by atoms with Crippen LogP contribution in [0.15, 0.2) is 36.5 Å². The minimum absolute atomic E-state index is 0.117. The van der Waals surface area contributed by atoms with Gasteiger partial charge in [0, 0.05) is 12.8 Å². The maximum atomic E-state index is 12.0. The van der Waals surface area contributed by atoms with Crippen molar-refractivity contribution in [3.63, 3.8) is 0 Å². The third-order valence-electron chi connectivity index (χ3n) is 9.85. The van der Waals surface area contributed by atoms with Gasteiger partial charge in [0.1, 0.15) is 19.3 Å². The molecular weight excluding hydrogens is 645 g/mol. The normalized spacial score (nSPS) is 12.4. The smallest absolute Gasteiger partial charge is 0.305 e. The highest BCUT2D eigenvalue weighted by molar-refractivity contribution is 5.69. The first-order chi connectivity index (χ1) is 25.6. The molecule has 0 aliphatic heterocycles. The molecule has 0 amide bonds. The molecule has 0 bridgehead atoms. The van der Waals surface area contributed by atoms with E-state index in [1.54, 1.807) is 0 Å². The Kier molecular flexibility index (Phi) is 42.0. The Morgan fingerprint density at radius 2 is 0.673 bits per heavy atom. The van der Waals surface area contributed by atoms with Crippen LogP contribution < -0.4 is 0 Å². The Balaban J connectivity index is 3.41. The van der Waals surface area contributed by atoms with Crippen molar-refractivity contribution < 1.29 is 24.2 Å². The van der Waals surface area contributed by atoms with E-state index in [2.05, 4.69) is 50.3 Å². The molecule has 0 fully saturated rings. The van der Waals surface area contributed by atoms with Gasteiger partial charge in [0.25, 0.3) is 0 Å². The van der Waals surface area contributed by atoms with Crippen LogP contribution in [-0.2, 0) is 19.1 Å². The molecule has 5 nitrogen and oxygen atoms in total. The van der Waals surface area contributed by atoms with E-state index in [0.717, 1.165) is 44.9 Å². The Bertz CT molecular complexity index is 832. The molecule has 5 heteroatoms. The zero-order valence-electron chi connectivity index (χ0n) is 34.6. The van der Waals surface area contributed by atoms with Crippen LogP contribution in [0.5, 0.6) is 0 Å². The molecular formula is C47H86O5. The summed E-state index contributed by atoms with van der Waals surface area (Å²) in [6.07, 6.45) is 53.5. The number of aliphatic hydroxyl groups is 1. The number of unbranched alkanes of at least 4 members (excludes halogenated alkanes) is 27. The van der Waals surface area contributed by atoms with Gasteiger partial charge in [0.15, 0.2) is 0 Å². The van der Waals surface area contributed by atoms with Crippen molar-refractivity contribution in [1.82, 2.24) is 0 Å². The molecule has 0 aliphatic rings. The van der Waals surface area contributed by atoms with Crippen LogP contribution in [0.25, 0.3) is 0 Å². The molecule has 0 aliphatic carbocycles. The van der Waals surface area contributed by atoms with Crippen molar-refractivity contribution in [2.45, 2.75) is 238 Å². The SMILES string of the molecule is CCCCC/C=C\C/C=C\CCCCCCCCCC(=O)OC[C@H](O)COC(=O)CCCCCCCCCCCCC/C=C\CCCCCCCC. The summed E-state index contributed by atoms with van der Waals surface area (Å²) >= 11 is 0. The molecule has 1 atom stereocenters. The molecule has 0 radical (unpaired) electrons. The lowest BCUT2D eigenvalue weighted by atomic mass is 10.0. The molecule has 0 spiro atoms. The number of ether oxygens (including phenoxy) is 2. The van der Waals surface area contributed by atoms with Gasteiger partial charge in [-0.1, -0.05) is 185 Å². The molecule has 304 valence electrons. The quantitative estimate of drug-likeness (QED) is 0.0385. The molecule has 52 heavy (non-hydrogen) atoms. The zero-order chi connectivity index (χ0) is 37.8. The van der Waals surface area contributed by atoms with Gasteiger partial charge < -0.3 is 14.6 Å². The van der Waals surface area contributed by atoms with E-state index in [0.29, 0.717) is 12.8 Å². The Hall–Kier alpha value is -1.88. The number of rotatable bonds is 41. The maximum Gasteiger partial charge on any atom is 0.305 e. The van der Waals surface area contributed by atoms with Gasteiger partial charge in [-0.2, -0.15) is 0 Å². The van der Waals surface area contributed by atoms with Crippen LogP contribution in [0.2, 0.25) is 0 Å². The highest BCUT2D eigenvalue weighted by Crippen LogP contribution is 2.14. The highest BCUT2D eigenvalue weighted by atomic mass is 16.6. The number of hydrogen-bond donors (Lipinski definition) is 1. The van der Waals surface area contributed by atoms with Crippen LogP contribution in [-0.4, -0.2) is 36.4 Å². The second kappa shape index (κ2) is 43.5. The van der Waals surface area contributed by atoms with Crippen LogP contribution >= 0.6 is 0 Å². The standard InChI is InChI=1S/C47H86O5/c1-3-5-7-9-11-13-15-17-19-21-22-23-24-26-28-30-32-34-36-38-40-42-47(50)52-44-45(48)43-51-46(49)41-39-37-35-33-31-29-27-25-20-18-16-14-12-10-8-6-4-2/h12,14,17-20,45,48H,3-11,13,15-16,21-44H2,1-2H3/b14-12-,19-17-,20-18-/t45-/m0/s1. The molecule has 0 aromatic carbocycles. The fourth-order valence-corrected chi connectivity index (χ4v) is 6.41. The average molecular weight is 731 g/mol. The topological polar surface area (TPSA) is 72.8 Å². The molecule has 1 N–H and O–H groups in total. The van der Waals surface area contributed by atoms with Gasteiger partial charge in [-0.3, -0.25) is 9.59 Å². The zero-order valence-corrected chi connectivity index (χ0v) is 34.6. The van der Waals surface area contributed by atoms with Gasteiger partial charge in [0.2, 0.25) is 0 Å². The molecule has 0 rings (SSSR count). The Morgan fingerprint density at radius 3 is 1.04 bits per heavy atom. The van der Waals surface area contributed by atoms with E-state index in [4.69, 9.17) is 9.47 Å². The van der Waals surface area contributed by atoms with Gasteiger partial charge in [-0.05, 0) is 70.6 Å². The third-order valence-corrected chi connectivity index (χ3v) is 9.85. The average Bonchev–Trinajstić information content (AvgIpc) is 3.15. The van der Waals surface area contributed by atoms with Crippen LogP contribution in [0.1, 0.15) is 232 Å². The summed E-state index contributed by atoms with van der Waals surface area (Å²) in [6.45, 7) is 4.28. The molecule has 0 saturated heterocycles. The minimum atomic E-state index is -0.966. The minimum Gasteiger partial charge on any atom is -0.463 e. The molecule has 0 heterocycles. The van der Waals surface area contributed by atoms with Crippen molar-refractivity contribution in [3.8, 4) is 0 Å². The number of aliphatic hydroxyl groups excluding tert-OH is 1. The molecule has 0 aromatic heterocycles. The third kappa shape index (κ3) is 42.5. The van der Waals surface area contributed by atoms with Crippen molar-refractivity contribution in [1.29, 1.82) is 0 Å². The lowest BCUT2D eigenvalue weighted by Crippen LogP contribution is -2.25. The number of hydrogen-bond acceptors (Lipinski definition) is 5. The highest BCUT2D eigenvalue weighted by Gasteiger charge is 2.12. The predicted molar refractivity (Wildman–Crippen MR) is 224 cm³/mol. The number of carbonyl (C=O) groups excluding carboxylic acids is 2. The van der Waals surface area contributed by atoms with Crippen molar-refractivity contribution in [3.05, 3.63) is 36.5 Å². The van der Waals surface area contributed by atoms with E-state index in [9.17, 15) is 14.7 Å². The summed E-state index contributed by atoms with van der Waals surface area (Å²) in [7, 11) is 0. The summed E-state index contributed by atoms with van der Waals surface area (Å²) in [5.74, 6) is -0.568. The second-order valence-electron chi connectivity index (χ2n) is 15.2. The summed E-state index contributed by atoms with van der Waals surface area (Å²) < 4.78 is 10.4. The van der Waals surface area contributed by atoms with E-state index in [1.807, 2.05) is 0 Å². The van der Waals surface area contributed by atoms with Crippen LogP contribution in [0, 0.1) is 0 Å². The number of carbonyl (C=O) groups is 2. The van der Waals surface area contributed by atoms with Crippen molar-refractivity contribution >= 4 is 11.9 Å². The van der Waals surface area contributed by atoms with Crippen LogP contribution in [0.4, 0.5) is 0 Å². The monoisotopic (exact) mass is 731 g/mol. The van der Waals surface area contributed by atoms with Gasteiger partial charge in [-0.15, -0.1) is 0 Å².